The van der Waals surface area contributed by atoms with Gasteiger partial charge in [-0.15, -0.1) is 0 Å². The Bertz CT molecular complexity index is 354. The van der Waals surface area contributed by atoms with Gasteiger partial charge in [-0.2, -0.15) is 0 Å². The van der Waals surface area contributed by atoms with Gasteiger partial charge in [0, 0.05) is 19.0 Å². The molecule has 2 atom stereocenters. The van der Waals surface area contributed by atoms with Gasteiger partial charge in [0.15, 0.2) is 0 Å². The Morgan fingerprint density at radius 3 is 2.70 bits per heavy atom. The van der Waals surface area contributed by atoms with Crippen LogP contribution in [0.3, 0.4) is 0 Å². The van der Waals surface area contributed by atoms with E-state index in [1.54, 1.807) is 0 Å². The molecule has 2 fully saturated rings. The topological polar surface area (TPSA) is 66.8 Å². The molecule has 0 spiro atoms. The maximum absolute atomic E-state index is 12.4. The number of ether oxygens (including phenoxy) is 1. The summed E-state index contributed by atoms with van der Waals surface area (Å²) in [6, 6.07) is 0.0688. The van der Waals surface area contributed by atoms with E-state index in [-0.39, 0.29) is 18.4 Å². The van der Waals surface area contributed by atoms with Gasteiger partial charge in [0.05, 0.1) is 6.61 Å². The lowest BCUT2D eigenvalue weighted by molar-refractivity contribution is -0.148. The molecule has 2 aliphatic rings. The van der Waals surface area contributed by atoms with Crippen molar-refractivity contribution in [3.8, 4) is 0 Å². The first-order valence-electron chi connectivity index (χ1n) is 7.72. The predicted octanol–water partition coefficient (Wildman–Crippen LogP) is 2.05. The summed E-state index contributed by atoms with van der Waals surface area (Å²) in [6.07, 6.45) is 5.70. The van der Waals surface area contributed by atoms with E-state index in [9.17, 15) is 9.59 Å². The maximum atomic E-state index is 12.4. The average molecular weight is 283 g/mol. The lowest BCUT2D eigenvalue weighted by atomic mass is 9.97. The third-order valence-electron chi connectivity index (χ3n) is 4.23. The Labute approximate surface area is 120 Å². The fourth-order valence-electron chi connectivity index (χ4n) is 2.75. The smallest absolute Gasteiger partial charge is 0.303 e. The molecule has 1 N–H and O–H groups in total. The Morgan fingerprint density at radius 2 is 2.05 bits per heavy atom. The van der Waals surface area contributed by atoms with E-state index in [2.05, 4.69) is 0 Å². The number of carbonyl (C=O) groups is 2. The van der Waals surface area contributed by atoms with Gasteiger partial charge in [-0.25, -0.2) is 0 Å². The maximum Gasteiger partial charge on any atom is 0.303 e. The first kappa shape index (κ1) is 15.3. The molecule has 0 radical (unpaired) electrons. The number of hydrogen-bond donors (Lipinski definition) is 1. The van der Waals surface area contributed by atoms with Gasteiger partial charge in [0.2, 0.25) is 0 Å². The van der Waals surface area contributed by atoms with Crippen molar-refractivity contribution in [2.24, 2.45) is 5.92 Å². The standard InChI is InChI=1S/C15H25NO4/c1-11(20-10-12-5-6-12)15(19)16-9-3-2-4-13(16)7-8-14(17)18/h11-13H,2-10H2,1H3,(H,17,18)/t11-,13+/m1/s1. The molecular weight excluding hydrogens is 258 g/mol. The summed E-state index contributed by atoms with van der Waals surface area (Å²) in [5.41, 5.74) is 0. The normalized spacial score (nSPS) is 24.4. The number of rotatable bonds is 7. The van der Waals surface area contributed by atoms with Crippen LogP contribution in [0.4, 0.5) is 0 Å². The second kappa shape index (κ2) is 7.07. The molecule has 1 heterocycles. The van der Waals surface area contributed by atoms with Gasteiger partial charge in [0.25, 0.3) is 5.91 Å². The summed E-state index contributed by atoms with van der Waals surface area (Å²) < 4.78 is 5.65. The van der Waals surface area contributed by atoms with Crippen LogP contribution < -0.4 is 0 Å². The minimum Gasteiger partial charge on any atom is -0.481 e. The quantitative estimate of drug-likeness (QED) is 0.776. The van der Waals surface area contributed by atoms with Crippen LogP contribution in [0.2, 0.25) is 0 Å². The number of nitrogens with zero attached hydrogens (tertiary/aromatic N) is 1. The molecule has 2 rings (SSSR count). The third-order valence-corrected chi connectivity index (χ3v) is 4.23. The highest BCUT2D eigenvalue weighted by Crippen LogP contribution is 2.29. The first-order chi connectivity index (χ1) is 9.58. The van der Waals surface area contributed by atoms with Crippen molar-refractivity contribution in [3.63, 3.8) is 0 Å². The van der Waals surface area contributed by atoms with Gasteiger partial charge in [0.1, 0.15) is 6.10 Å². The lowest BCUT2D eigenvalue weighted by Crippen LogP contribution is -2.48. The zero-order chi connectivity index (χ0) is 14.5. The van der Waals surface area contributed by atoms with Crippen molar-refractivity contribution in [2.45, 2.75) is 64.0 Å². The van der Waals surface area contributed by atoms with E-state index in [0.717, 1.165) is 25.8 Å². The molecule has 114 valence electrons. The SMILES string of the molecule is C[C@@H](OCC1CC1)C(=O)N1CCCC[C@H]1CCC(=O)O. The van der Waals surface area contributed by atoms with Crippen LogP contribution in [0.25, 0.3) is 0 Å². The number of aliphatic carboxylic acids is 1. The number of piperidine rings is 1. The van der Waals surface area contributed by atoms with Crippen molar-refractivity contribution >= 4 is 11.9 Å². The van der Waals surface area contributed by atoms with E-state index in [0.29, 0.717) is 18.9 Å². The van der Waals surface area contributed by atoms with Gasteiger partial charge < -0.3 is 14.7 Å². The van der Waals surface area contributed by atoms with Crippen molar-refractivity contribution in [1.82, 2.24) is 4.90 Å². The Morgan fingerprint density at radius 1 is 1.30 bits per heavy atom. The number of hydrogen-bond acceptors (Lipinski definition) is 3. The summed E-state index contributed by atoms with van der Waals surface area (Å²) in [6.45, 7) is 3.23. The summed E-state index contributed by atoms with van der Waals surface area (Å²) in [4.78, 5) is 25.0. The second-order valence-electron chi connectivity index (χ2n) is 6.03. The van der Waals surface area contributed by atoms with Gasteiger partial charge in [-0.1, -0.05) is 0 Å². The van der Waals surface area contributed by atoms with Crippen LogP contribution in [-0.4, -0.2) is 47.2 Å². The molecule has 5 nitrogen and oxygen atoms in total. The minimum absolute atomic E-state index is 0.0285. The number of carboxylic acid groups (broad SMARTS) is 1. The van der Waals surface area contributed by atoms with Crippen molar-refractivity contribution in [3.05, 3.63) is 0 Å². The monoisotopic (exact) mass is 283 g/mol. The molecule has 0 aromatic heterocycles. The largest absolute Gasteiger partial charge is 0.481 e. The van der Waals surface area contributed by atoms with E-state index in [1.807, 2.05) is 11.8 Å². The fraction of sp³-hybridized carbons (Fsp3) is 0.867. The highest BCUT2D eigenvalue weighted by Gasteiger charge is 2.31. The van der Waals surface area contributed by atoms with E-state index >= 15 is 0 Å². The van der Waals surface area contributed by atoms with E-state index < -0.39 is 12.1 Å². The van der Waals surface area contributed by atoms with Crippen molar-refractivity contribution in [2.75, 3.05) is 13.2 Å². The number of amides is 1. The van der Waals surface area contributed by atoms with Crippen LogP contribution in [0.1, 0.15) is 51.9 Å². The molecule has 1 aliphatic carbocycles. The van der Waals surface area contributed by atoms with E-state index in [1.165, 1.54) is 12.8 Å². The lowest BCUT2D eigenvalue weighted by Gasteiger charge is -2.37. The molecular formula is C15H25NO4. The van der Waals surface area contributed by atoms with Crippen LogP contribution in [-0.2, 0) is 14.3 Å². The molecule has 1 aliphatic heterocycles. The molecule has 1 amide bonds. The summed E-state index contributed by atoms with van der Waals surface area (Å²) in [5, 5.41) is 8.80. The van der Waals surface area contributed by atoms with E-state index in [4.69, 9.17) is 9.84 Å². The molecule has 20 heavy (non-hydrogen) atoms. The molecule has 0 aromatic rings. The molecule has 0 unspecified atom stereocenters. The molecule has 0 aromatic carbocycles. The summed E-state index contributed by atoms with van der Waals surface area (Å²) in [7, 11) is 0. The fourth-order valence-corrected chi connectivity index (χ4v) is 2.75. The number of carboxylic acids is 1. The molecule has 5 heteroatoms. The van der Waals surface area contributed by atoms with Gasteiger partial charge in [-0.05, 0) is 51.4 Å². The zero-order valence-corrected chi connectivity index (χ0v) is 12.2. The molecule has 1 saturated carbocycles. The average Bonchev–Trinajstić information content (AvgIpc) is 3.26. The predicted molar refractivity (Wildman–Crippen MR) is 74.4 cm³/mol. The Balaban J connectivity index is 1.84. The van der Waals surface area contributed by atoms with Crippen molar-refractivity contribution in [1.29, 1.82) is 0 Å². The first-order valence-corrected chi connectivity index (χ1v) is 7.72. The highest BCUT2D eigenvalue weighted by molar-refractivity contribution is 5.81. The molecule has 1 saturated heterocycles. The minimum atomic E-state index is -0.791. The molecule has 0 bridgehead atoms. The summed E-state index contributed by atoms with van der Waals surface area (Å²) >= 11 is 0. The zero-order valence-electron chi connectivity index (χ0n) is 12.2. The van der Waals surface area contributed by atoms with Crippen LogP contribution in [0.5, 0.6) is 0 Å². The highest BCUT2D eigenvalue weighted by atomic mass is 16.5. The van der Waals surface area contributed by atoms with Crippen molar-refractivity contribution < 1.29 is 19.4 Å². The second-order valence-corrected chi connectivity index (χ2v) is 6.03. The summed E-state index contributed by atoms with van der Waals surface area (Å²) in [5.74, 6) is -0.115. The number of carbonyl (C=O) groups excluding carboxylic acids is 1. The van der Waals surface area contributed by atoms with Crippen LogP contribution in [0, 0.1) is 5.92 Å². The third kappa shape index (κ3) is 4.47. The van der Waals surface area contributed by atoms with Gasteiger partial charge in [-0.3, -0.25) is 9.59 Å². The number of likely N-dealkylation sites (tertiary alicyclic amines) is 1. The Kier molecular flexibility index (Phi) is 5.40. The van der Waals surface area contributed by atoms with Gasteiger partial charge >= 0.3 is 5.97 Å². The Hall–Kier alpha value is -1.10. The van der Waals surface area contributed by atoms with Crippen LogP contribution >= 0.6 is 0 Å². The van der Waals surface area contributed by atoms with Crippen LogP contribution in [0.15, 0.2) is 0 Å².